The summed E-state index contributed by atoms with van der Waals surface area (Å²) in [6.07, 6.45) is 0. The van der Waals surface area contributed by atoms with Gasteiger partial charge in [0.05, 0.1) is 0 Å². The van der Waals surface area contributed by atoms with Crippen molar-refractivity contribution >= 4 is 0 Å². The van der Waals surface area contributed by atoms with Crippen LogP contribution in [0.25, 0.3) is 0 Å². The van der Waals surface area contributed by atoms with Crippen molar-refractivity contribution in [1.82, 2.24) is 0 Å². The third-order valence-electron chi connectivity index (χ3n) is 0. The zero-order chi connectivity index (χ0) is 0. The van der Waals surface area contributed by atoms with Gasteiger partial charge in [0.15, 0.2) is 0 Å². The standard InChI is InChI=1S/Fe.2H2O.O/h;2*1H2;/q+3;;;-2/p-1. The van der Waals surface area contributed by atoms with Crippen molar-refractivity contribution in [1.29, 1.82) is 0 Å². The van der Waals surface area contributed by atoms with Gasteiger partial charge in [-0.3, -0.25) is 0 Å². The van der Waals surface area contributed by atoms with Crippen LogP contribution in [0.4, 0.5) is 0 Å². The summed E-state index contributed by atoms with van der Waals surface area (Å²) < 4.78 is 0. The zero-order valence-corrected chi connectivity index (χ0v) is 2.81. The fraction of sp³-hybridized carbons (Fsp3) is 0. The van der Waals surface area contributed by atoms with Crippen molar-refractivity contribution in [2.24, 2.45) is 0 Å². The van der Waals surface area contributed by atoms with Crippen molar-refractivity contribution in [3.8, 4) is 0 Å². The molecule has 4 heteroatoms. The Balaban J connectivity index is 0. The molecule has 0 aliphatic carbocycles. The van der Waals surface area contributed by atoms with Gasteiger partial charge in [0.2, 0.25) is 0 Å². The molecule has 3 nitrogen and oxygen atoms in total. The van der Waals surface area contributed by atoms with Crippen LogP contribution in [0, 0.1) is 0 Å². The summed E-state index contributed by atoms with van der Waals surface area (Å²) in [7, 11) is 0. The van der Waals surface area contributed by atoms with E-state index in [1.54, 1.807) is 0 Å². The zero-order valence-electron chi connectivity index (χ0n) is 1.71. The predicted molar refractivity (Wildman–Crippen MR) is 6.24 cm³/mol. The maximum absolute atomic E-state index is 0. The van der Waals surface area contributed by atoms with Gasteiger partial charge < -0.3 is 16.4 Å². The minimum atomic E-state index is 0. The Kier molecular flexibility index (Phi) is 9770. The Morgan fingerprint density at radius 3 is 1.00 bits per heavy atom. The summed E-state index contributed by atoms with van der Waals surface area (Å²) in [5.74, 6) is 0. The summed E-state index contributed by atoms with van der Waals surface area (Å²) in [4.78, 5) is 0. The van der Waals surface area contributed by atoms with E-state index >= 15 is 0 Å². The molecule has 0 aromatic rings. The molecular weight excluding hydrogens is 104 g/mol. The van der Waals surface area contributed by atoms with Crippen LogP contribution in [0.3, 0.4) is 0 Å². The molecule has 0 saturated carbocycles. The molecule has 29 valence electrons. The van der Waals surface area contributed by atoms with Crippen molar-refractivity contribution < 1.29 is 33.5 Å². The minimum absolute atomic E-state index is 0. The summed E-state index contributed by atoms with van der Waals surface area (Å²) in [6, 6.07) is 0. The Bertz CT molecular complexity index is 3.25. The summed E-state index contributed by atoms with van der Waals surface area (Å²) >= 11 is 0. The first-order chi connectivity index (χ1) is 0. The average molecular weight is 107 g/mol. The molecule has 0 aliphatic rings. The smallest absolute Gasteiger partial charge is 2.00 e. The van der Waals surface area contributed by atoms with E-state index in [9.17, 15) is 0 Å². The molecule has 0 atom stereocenters. The van der Waals surface area contributed by atoms with Crippen molar-refractivity contribution in [3.63, 3.8) is 0 Å². The molecule has 4 heavy (non-hydrogen) atoms. The fourth-order valence-corrected chi connectivity index (χ4v) is 0. The number of rotatable bonds is 0. The van der Waals surface area contributed by atoms with Crippen molar-refractivity contribution in [2.75, 3.05) is 0 Å². The summed E-state index contributed by atoms with van der Waals surface area (Å²) in [5.41, 5.74) is 0. The summed E-state index contributed by atoms with van der Waals surface area (Å²) in [5, 5.41) is 0. The minimum Gasteiger partial charge on any atom is -2.00 e. The van der Waals surface area contributed by atoms with Crippen LogP contribution < -0.4 is 0 Å². The number of hydrogen-bond donors (Lipinski definition) is 0. The first kappa shape index (κ1) is 319. The van der Waals surface area contributed by atoms with Crippen LogP contribution >= 0.6 is 0 Å². The van der Waals surface area contributed by atoms with Gasteiger partial charge in [-0.15, -0.1) is 0 Å². The maximum Gasteiger partial charge on any atom is 3.00 e. The molecule has 0 fully saturated rings. The van der Waals surface area contributed by atoms with E-state index in [1.807, 2.05) is 0 Å². The second-order valence-electron chi connectivity index (χ2n) is 0. The second kappa shape index (κ2) is 123. The van der Waals surface area contributed by atoms with Crippen LogP contribution in [-0.4, -0.2) is 11.0 Å². The van der Waals surface area contributed by atoms with Gasteiger partial charge in [-0.1, -0.05) is 0 Å². The van der Waals surface area contributed by atoms with Gasteiger partial charge in [0, 0.05) is 0 Å². The fourth-order valence-electron chi connectivity index (χ4n) is 0. The molecule has 0 bridgehead atoms. The molecule has 0 spiro atoms. The molecule has 3 N–H and O–H groups in total. The number of hydrogen-bond acceptors (Lipinski definition) is 1. The molecule has 0 amide bonds. The van der Waals surface area contributed by atoms with Gasteiger partial charge in [0.1, 0.15) is 0 Å². The van der Waals surface area contributed by atoms with Crippen LogP contribution in [0.15, 0.2) is 0 Å². The van der Waals surface area contributed by atoms with E-state index < -0.39 is 0 Å². The average Bonchev–Trinajstić information content (AvgIpc) is 0. The predicted octanol–water partition coefficient (Wildman–Crippen LogP) is -1.12. The Morgan fingerprint density at radius 1 is 1.00 bits per heavy atom. The monoisotopic (exact) mass is 107 g/mol. The quantitative estimate of drug-likeness (QED) is 0.360. The van der Waals surface area contributed by atoms with Crippen LogP contribution in [0.5, 0.6) is 0 Å². The van der Waals surface area contributed by atoms with Gasteiger partial charge >= 0.3 is 17.1 Å². The largest absolute Gasteiger partial charge is 3.00 e. The van der Waals surface area contributed by atoms with Gasteiger partial charge in [-0.25, -0.2) is 0 Å². The second-order valence-corrected chi connectivity index (χ2v) is 0. The third-order valence-corrected chi connectivity index (χ3v) is 0. The molecule has 0 aromatic carbocycles. The van der Waals surface area contributed by atoms with E-state index in [-0.39, 0.29) is 33.5 Å². The Hall–Kier alpha value is 0.399. The van der Waals surface area contributed by atoms with E-state index in [0.29, 0.717) is 0 Å². The first-order valence-corrected chi connectivity index (χ1v) is 0. The van der Waals surface area contributed by atoms with E-state index in [2.05, 4.69) is 0 Å². The normalized spacial score (nSPS) is 0. The molecule has 0 rings (SSSR count). The molecule has 0 aromatic heterocycles. The summed E-state index contributed by atoms with van der Waals surface area (Å²) in [6.45, 7) is 0. The van der Waals surface area contributed by atoms with Crippen molar-refractivity contribution in [2.45, 2.75) is 0 Å². The van der Waals surface area contributed by atoms with Crippen molar-refractivity contribution in [3.05, 3.63) is 0 Å². The van der Waals surface area contributed by atoms with E-state index in [1.165, 1.54) is 0 Å². The van der Waals surface area contributed by atoms with E-state index in [0.717, 1.165) is 0 Å². The molecule has 0 saturated heterocycles. The van der Waals surface area contributed by atoms with Crippen LogP contribution in [0.1, 0.15) is 0 Å². The molecular formula is H3FeO3. The van der Waals surface area contributed by atoms with E-state index in [4.69, 9.17) is 0 Å². The Morgan fingerprint density at radius 2 is 1.00 bits per heavy atom. The first-order valence-electron chi connectivity index (χ1n) is 0. The van der Waals surface area contributed by atoms with Gasteiger partial charge in [0.25, 0.3) is 0 Å². The van der Waals surface area contributed by atoms with Crippen LogP contribution in [-0.2, 0) is 22.5 Å². The third kappa shape index (κ3) is 29.4. The molecule has 0 unspecified atom stereocenters. The molecule has 0 aliphatic heterocycles. The van der Waals surface area contributed by atoms with Gasteiger partial charge in [-0.2, -0.15) is 0 Å². The SMILES string of the molecule is O.[Fe+3].[O-2].[OH-]. The molecule has 1 radical (unpaired) electrons. The Labute approximate surface area is 34.4 Å². The van der Waals surface area contributed by atoms with Gasteiger partial charge in [-0.05, 0) is 0 Å². The topological polar surface area (TPSA) is 90.0 Å². The van der Waals surface area contributed by atoms with Crippen LogP contribution in [0.2, 0.25) is 0 Å². The maximum atomic E-state index is 0. The molecule has 0 heterocycles.